The molecule has 1 saturated heterocycles. The Morgan fingerprint density at radius 1 is 1.08 bits per heavy atom. The van der Waals surface area contributed by atoms with Crippen molar-refractivity contribution in [3.63, 3.8) is 0 Å². The van der Waals surface area contributed by atoms with Crippen molar-refractivity contribution < 1.29 is 54.9 Å². The van der Waals surface area contributed by atoms with Gasteiger partial charge in [-0.3, -0.25) is 0 Å². The lowest BCUT2D eigenvalue weighted by molar-refractivity contribution is -0.255. The molecule has 1 aliphatic carbocycles. The second-order valence-electron chi connectivity index (χ2n) is 13.2. The van der Waals surface area contributed by atoms with E-state index in [1.807, 2.05) is 0 Å². The Labute approximate surface area is 282 Å². The number of alkyl halides is 6. The minimum atomic E-state index is -5.05. The molecule has 0 bridgehead atoms. The van der Waals surface area contributed by atoms with Crippen LogP contribution in [0.2, 0.25) is 0 Å². The monoisotopic (exact) mass is 708 g/mol. The summed E-state index contributed by atoms with van der Waals surface area (Å²) in [6.45, 7) is 5.81. The van der Waals surface area contributed by atoms with Crippen molar-refractivity contribution >= 4 is 17.6 Å². The third-order valence-corrected chi connectivity index (χ3v) is 9.09. The summed E-state index contributed by atoms with van der Waals surface area (Å²) >= 11 is 0. The third-order valence-electron chi connectivity index (χ3n) is 9.09. The molecule has 8 nitrogen and oxygen atoms in total. The minimum Gasteiger partial charge on any atom is -0.545 e. The maximum Gasteiger partial charge on any atom is 0.416 e. The highest BCUT2D eigenvalue weighted by molar-refractivity contribution is 5.86. The highest BCUT2D eigenvalue weighted by Gasteiger charge is 2.43. The maximum atomic E-state index is 14.5. The van der Waals surface area contributed by atoms with E-state index in [0.717, 1.165) is 29.7 Å². The van der Waals surface area contributed by atoms with Crippen LogP contribution in [0, 0.1) is 11.2 Å². The van der Waals surface area contributed by atoms with Crippen LogP contribution in [-0.2, 0) is 17.1 Å². The van der Waals surface area contributed by atoms with E-state index in [9.17, 15) is 45.4 Å². The van der Waals surface area contributed by atoms with E-state index >= 15 is 0 Å². The third kappa shape index (κ3) is 7.71. The Morgan fingerprint density at radius 2 is 1.74 bits per heavy atom. The fourth-order valence-corrected chi connectivity index (χ4v) is 6.49. The van der Waals surface area contributed by atoms with Crippen molar-refractivity contribution in [3.8, 4) is 17.1 Å². The maximum absolute atomic E-state index is 14.5. The summed E-state index contributed by atoms with van der Waals surface area (Å²) in [5, 5.41) is 11.2. The van der Waals surface area contributed by atoms with Gasteiger partial charge in [0.25, 0.3) is 0 Å². The number of hydrogen-bond acceptors (Lipinski definition) is 7. The second kappa shape index (κ2) is 13.6. The van der Waals surface area contributed by atoms with Crippen molar-refractivity contribution in [2.45, 2.75) is 77.4 Å². The Balaban J connectivity index is 1.40. The van der Waals surface area contributed by atoms with E-state index < -0.39 is 64.6 Å². The molecule has 0 spiro atoms. The van der Waals surface area contributed by atoms with Gasteiger partial charge in [0.05, 0.1) is 36.4 Å². The van der Waals surface area contributed by atoms with Gasteiger partial charge in [-0.1, -0.05) is 25.5 Å². The van der Waals surface area contributed by atoms with Gasteiger partial charge < -0.3 is 24.3 Å². The van der Waals surface area contributed by atoms with Gasteiger partial charge in [-0.2, -0.15) is 26.3 Å². The van der Waals surface area contributed by atoms with Gasteiger partial charge in [0.1, 0.15) is 17.6 Å². The zero-order chi connectivity index (χ0) is 36.8. The number of benzene rings is 2. The number of ether oxygens (including phenoxy) is 2. The van der Waals surface area contributed by atoms with Crippen molar-refractivity contribution in [1.29, 1.82) is 0 Å². The molecule has 1 fully saturated rings. The number of rotatable bonds is 9. The van der Waals surface area contributed by atoms with Gasteiger partial charge in [-0.15, -0.1) is 0 Å². The molecule has 3 aromatic rings. The van der Waals surface area contributed by atoms with Gasteiger partial charge in [0, 0.05) is 17.7 Å². The first-order valence-corrected chi connectivity index (χ1v) is 15.7. The van der Waals surface area contributed by atoms with Crippen molar-refractivity contribution in [2.24, 2.45) is 5.41 Å². The molecule has 0 saturated carbocycles. The summed E-state index contributed by atoms with van der Waals surface area (Å²) in [6, 6.07) is 3.75. The molecule has 268 valence electrons. The molecule has 0 radical (unpaired) electrons. The average molecular weight is 709 g/mol. The molecule has 15 heteroatoms. The Bertz CT molecular complexity index is 1810. The number of carbonyl (C=O) groups is 2. The van der Waals surface area contributed by atoms with E-state index in [4.69, 9.17) is 9.47 Å². The van der Waals surface area contributed by atoms with E-state index in [2.05, 4.69) is 23.8 Å². The van der Waals surface area contributed by atoms with Gasteiger partial charge >= 0.3 is 18.4 Å². The van der Waals surface area contributed by atoms with E-state index in [-0.39, 0.29) is 29.4 Å². The topological polar surface area (TPSA) is 105 Å². The number of halogens is 7. The molecule has 50 heavy (non-hydrogen) atoms. The number of nitrogens with zero attached hydrogens (tertiary/aromatic N) is 3. The van der Waals surface area contributed by atoms with Crippen LogP contribution in [0.1, 0.15) is 91.7 Å². The number of carboxylic acid groups (broad SMARTS) is 1. The predicted molar refractivity (Wildman–Crippen MR) is 164 cm³/mol. The molecule has 1 aromatic heterocycles. The fourth-order valence-electron chi connectivity index (χ4n) is 6.49. The van der Waals surface area contributed by atoms with Crippen molar-refractivity contribution in [1.82, 2.24) is 14.9 Å². The molecule has 1 amide bonds. The lowest BCUT2D eigenvalue weighted by Crippen LogP contribution is -2.33. The first-order valence-electron chi connectivity index (χ1n) is 15.7. The van der Waals surface area contributed by atoms with E-state index in [1.54, 1.807) is 0 Å². The van der Waals surface area contributed by atoms with Gasteiger partial charge in [-0.05, 0) is 85.9 Å². The number of carboxylic acids is 1. The lowest BCUT2D eigenvalue weighted by atomic mass is 9.72. The van der Waals surface area contributed by atoms with Crippen LogP contribution in [0.3, 0.4) is 0 Å². The molecule has 2 heterocycles. The standard InChI is InChI=1S/C35H34F7N3O5/c1-18-29(21-12-22(34(37,38)39)15-23(13-21)35(40,41)42)50-32(48)45(18)11-5-6-20-16-33(2,3)10-9-24(20)28-27(49-4)17-43-30(44-28)19-7-8-25(31(46)47)26(36)14-19/h7-8,12-15,17-18,29H,5-6,9-11,16H2,1-4H3,(H,46,47)/p-1/t18-,29-/m0/s1. The Kier molecular flexibility index (Phi) is 9.92. The summed E-state index contributed by atoms with van der Waals surface area (Å²) in [7, 11) is 1.45. The van der Waals surface area contributed by atoms with Crippen LogP contribution >= 0.6 is 0 Å². The van der Waals surface area contributed by atoms with Crippen molar-refractivity contribution in [3.05, 3.63) is 81.9 Å². The molecule has 1 aliphatic heterocycles. The smallest absolute Gasteiger partial charge is 0.416 e. The van der Waals surface area contributed by atoms with Crippen LogP contribution in [0.15, 0.2) is 48.2 Å². The Morgan fingerprint density at radius 3 is 2.32 bits per heavy atom. The number of hydrogen-bond donors (Lipinski definition) is 0. The number of aromatic nitrogens is 2. The normalized spacial score (nSPS) is 19.5. The number of carbonyl (C=O) groups excluding carboxylic acids is 2. The van der Waals surface area contributed by atoms with Gasteiger partial charge in [-0.25, -0.2) is 19.2 Å². The first kappa shape index (κ1) is 36.6. The van der Waals surface area contributed by atoms with Crippen LogP contribution in [0.5, 0.6) is 5.75 Å². The van der Waals surface area contributed by atoms with Crippen LogP contribution in [0.25, 0.3) is 17.0 Å². The molecule has 2 aliphatic rings. The largest absolute Gasteiger partial charge is 0.545 e. The van der Waals surface area contributed by atoms with Gasteiger partial charge in [0.2, 0.25) is 0 Å². The highest BCUT2D eigenvalue weighted by atomic mass is 19.4. The summed E-state index contributed by atoms with van der Waals surface area (Å²) in [4.78, 5) is 34.3. The summed E-state index contributed by atoms with van der Waals surface area (Å²) in [6.07, 6.45) is -8.01. The van der Waals surface area contributed by atoms with E-state index in [1.165, 1.54) is 31.2 Å². The molecular formula is C35H33F7N3O5-. The van der Waals surface area contributed by atoms with Crippen LogP contribution < -0.4 is 9.84 Å². The number of methoxy groups -OCH3 is 1. The number of amides is 1. The molecule has 2 aromatic carbocycles. The minimum absolute atomic E-state index is 0.0281. The quantitative estimate of drug-likeness (QED) is 0.208. The van der Waals surface area contributed by atoms with Crippen LogP contribution in [0.4, 0.5) is 35.5 Å². The molecular weight excluding hydrogens is 675 g/mol. The average Bonchev–Trinajstić information content (AvgIpc) is 3.31. The fraction of sp³-hybridized carbons (Fsp3) is 0.429. The number of cyclic esters (lactones) is 1. The summed E-state index contributed by atoms with van der Waals surface area (Å²) < 4.78 is 106. The highest BCUT2D eigenvalue weighted by Crippen LogP contribution is 2.46. The molecule has 5 rings (SSSR count). The van der Waals surface area contributed by atoms with Crippen molar-refractivity contribution in [2.75, 3.05) is 13.7 Å². The first-order chi connectivity index (χ1) is 23.3. The summed E-state index contributed by atoms with van der Waals surface area (Å²) in [5.74, 6) is -2.19. The number of aromatic carboxylic acids is 1. The zero-order valence-electron chi connectivity index (χ0n) is 27.5. The Hall–Kier alpha value is -4.69. The van der Waals surface area contributed by atoms with Gasteiger partial charge in [0.15, 0.2) is 11.6 Å². The zero-order valence-corrected chi connectivity index (χ0v) is 27.5. The molecule has 2 atom stereocenters. The summed E-state index contributed by atoms with van der Waals surface area (Å²) in [5.41, 5.74) is -1.56. The molecule has 0 N–H and O–H groups in total. The second-order valence-corrected chi connectivity index (χ2v) is 13.2. The lowest BCUT2D eigenvalue weighted by Gasteiger charge is -2.34. The SMILES string of the molecule is COc1cnc(-c2ccc(C(=O)[O-])c(F)c2)nc1C1=C(CCCN2C(=O)O[C@H](c3cc(C(F)(F)F)cc(C(F)(F)F)c3)[C@@H]2C)CC(C)(C)CC1. The van der Waals surface area contributed by atoms with Crippen LogP contribution in [-0.4, -0.2) is 46.6 Å². The number of allylic oxidation sites excluding steroid dienone is 2. The predicted octanol–water partition coefficient (Wildman–Crippen LogP) is 8.02. The van der Waals surface area contributed by atoms with E-state index in [0.29, 0.717) is 49.3 Å². The molecule has 0 unspecified atom stereocenters.